The number of hydrogen-bond acceptors (Lipinski definition) is 2. The summed E-state index contributed by atoms with van der Waals surface area (Å²) in [6, 6.07) is 1.98. The van der Waals surface area contributed by atoms with E-state index in [1.807, 2.05) is 33.0 Å². The van der Waals surface area contributed by atoms with Crippen LogP contribution in [0.5, 0.6) is 0 Å². The molecule has 3 nitrogen and oxygen atoms in total. The van der Waals surface area contributed by atoms with E-state index in [0.29, 0.717) is 5.92 Å². The van der Waals surface area contributed by atoms with Crippen LogP contribution in [0, 0.1) is 6.92 Å². The van der Waals surface area contributed by atoms with Crippen LogP contribution < -0.4 is 0 Å². The Labute approximate surface area is 91.0 Å². The van der Waals surface area contributed by atoms with E-state index in [1.165, 1.54) is 0 Å². The Kier molecular flexibility index (Phi) is 3.83. The van der Waals surface area contributed by atoms with Crippen molar-refractivity contribution in [2.24, 2.45) is 0 Å². The van der Waals surface area contributed by atoms with Crippen LogP contribution in [-0.2, 0) is 0 Å². The van der Waals surface area contributed by atoms with Gasteiger partial charge in [0.25, 0.3) is 0 Å². The topological polar surface area (TPSA) is 41.6 Å². The van der Waals surface area contributed by atoms with Crippen molar-refractivity contribution >= 4 is 11.0 Å². The molecule has 0 aromatic carbocycles. The molecule has 15 heavy (non-hydrogen) atoms. The zero-order valence-electron chi connectivity index (χ0n) is 10.1. The normalized spacial score (nSPS) is 10.3. The highest BCUT2D eigenvalue weighted by molar-refractivity contribution is 5.77. The monoisotopic (exact) mass is 205 g/mol. The molecular formula is C12H19N3. The summed E-state index contributed by atoms with van der Waals surface area (Å²) >= 11 is 0. The number of aryl methyl sites for hydroxylation is 1. The van der Waals surface area contributed by atoms with Gasteiger partial charge in [-0.05, 0) is 18.9 Å². The Hall–Kier alpha value is -1.38. The van der Waals surface area contributed by atoms with Gasteiger partial charge in [-0.25, -0.2) is 9.97 Å². The quantitative estimate of drug-likeness (QED) is 0.775. The van der Waals surface area contributed by atoms with E-state index in [1.54, 1.807) is 0 Å². The number of nitrogens with one attached hydrogen (secondary N) is 1. The summed E-state index contributed by atoms with van der Waals surface area (Å²) < 4.78 is 0. The predicted octanol–water partition coefficient (Wildman–Crippen LogP) is 3.42. The van der Waals surface area contributed by atoms with Gasteiger partial charge in [-0.1, -0.05) is 27.7 Å². The van der Waals surface area contributed by atoms with Gasteiger partial charge in [-0.2, -0.15) is 0 Å². The first kappa shape index (κ1) is 11.7. The van der Waals surface area contributed by atoms with Gasteiger partial charge < -0.3 is 4.98 Å². The van der Waals surface area contributed by atoms with Crippen molar-refractivity contribution in [1.82, 2.24) is 15.0 Å². The minimum atomic E-state index is 0.433. The molecule has 0 atom stereocenters. The highest BCUT2D eigenvalue weighted by Crippen LogP contribution is 2.20. The fourth-order valence-electron chi connectivity index (χ4n) is 1.51. The van der Waals surface area contributed by atoms with Crippen LogP contribution in [0.15, 0.2) is 12.3 Å². The van der Waals surface area contributed by atoms with Crippen LogP contribution in [0.2, 0.25) is 0 Å². The van der Waals surface area contributed by atoms with E-state index in [0.717, 1.165) is 22.6 Å². The van der Waals surface area contributed by atoms with Gasteiger partial charge in [-0.3, -0.25) is 0 Å². The summed E-state index contributed by atoms with van der Waals surface area (Å²) in [4.78, 5) is 11.9. The SMILES string of the molecule is CC.Cc1nc(C(C)C)c2[nH]ccc2n1. The molecule has 0 spiro atoms. The van der Waals surface area contributed by atoms with Crippen molar-refractivity contribution in [2.45, 2.75) is 40.5 Å². The van der Waals surface area contributed by atoms with E-state index < -0.39 is 0 Å². The lowest BCUT2D eigenvalue weighted by atomic mass is 10.1. The molecule has 2 aromatic rings. The molecule has 0 aliphatic carbocycles. The molecule has 2 aromatic heterocycles. The zero-order valence-corrected chi connectivity index (χ0v) is 10.1. The van der Waals surface area contributed by atoms with E-state index in [4.69, 9.17) is 0 Å². The first-order valence-electron chi connectivity index (χ1n) is 5.50. The van der Waals surface area contributed by atoms with Gasteiger partial charge in [-0.15, -0.1) is 0 Å². The Morgan fingerprint density at radius 3 is 2.47 bits per heavy atom. The molecule has 0 amide bonds. The maximum Gasteiger partial charge on any atom is 0.126 e. The third-order valence-electron chi connectivity index (χ3n) is 2.09. The summed E-state index contributed by atoms with van der Waals surface area (Å²) in [6.07, 6.45) is 1.91. The molecule has 3 heteroatoms. The maximum atomic E-state index is 4.43. The number of H-pyrrole nitrogens is 1. The van der Waals surface area contributed by atoms with Crippen molar-refractivity contribution in [3.8, 4) is 0 Å². The molecule has 82 valence electrons. The van der Waals surface area contributed by atoms with Gasteiger partial charge in [0.15, 0.2) is 0 Å². The number of rotatable bonds is 1. The van der Waals surface area contributed by atoms with Crippen molar-refractivity contribution < 1.29 is 0 Å². The summed E-state index contributed by atoms with van der Waals surface area (Å²) in [5, 5.41) is 0. The second kappa shape index (κ2) is 4.91. The largest absolute Gasteiger partial charge is 0.358 e. The zero-order chi connectivity index (χ0) is 11.4. The second-order valence-corrected chi connectivity index (χ2v) is 3.55. The maximum absolute atomic E-state index is 4.43. The highest BCUT2D eigenvalue weighted by atomic mass is 14.9. The average Bonchev–Trinajstić information content (AvgIpc) is 2.67. The number of hydrogen-bond donors (Lipinski definition) is 1. The molecule has 0 fully saturated rings. The van der Waals surface area contributed by atoms with Gasteiger partial charge in [0, 0.05) is 6.20 Å². The van der Waals surface area contributed by atoms with Gasteiger partial charge in [0.05, 0.1) is 16.7 Å². The number of fused-ring (bicyclic) bond motifs is 1. The smallest absolute Gasteiger partial charge is 0.126 e. The Bertz CT molecular complexity index is 429. The van der Waals surface area contributed by atoms with Crippen molar-refractivity contribution in [3.63, 3.8) is 0 Å². The van der Waals surface area contributed by atoms with E-state index in [-0.39, 0.29) is 0 Å². The standard InChI is InChI=1S/C10H13N3.C2H6/c1-6(2)9-10-8(4-5-11-10)12-7(3)13-9;1-2/h4-6,11H,1-3H3;1-2H3. The Balaban J connectivity index is 0.000000531. The van der Waals surface area contributed by atoms with Crippen LogP contribution in [-0.4, -0.2) is 15.0 Å². The van der Waals surface area contributed by atoms with Crippen molar-refractivity contribution in [3.05, 3.63) is 23.8 Å². The molecule has 0 saturated heterocycles. The molecule has 0 aliphatic rings. The predicted molar refractivity (Wildman–Crippen MR) is 64.1 cm³/mol. The molecule has 1 N–H and O–H groups in total. The van der Waals surface area contributed by atoms with E-state index in [9.17, 15) is 0 Å². The number of aromatic nitrogens is 3. The van der Waals surface area contributed by atoms with Crippen LogP contribution in [0.1, 0.15) is 45.1 Å². The molecule has 2 heterocycles. The van der Waals surface area contributed by atoms with Gasteiger partial charge in [0.2, 0.25) is 0 Å². The van der Waals surface area contributed by atoms with Crippen LogP contribution >= 0.6 is 0 Å². The summed E-state index contributed by atoms with van der Waals surface area (Å²) in [7, 11) is 0. The van der Waals surface area contributed by atoms with Crippen LogP contribution in [0.4, 0.5) is 0 Å². The van der Waals surface area contributed by atoms with Gasteiger partial charge in [0.1, 0.15) is 5.82 Å². The average molecular weight is 205 g/mol. The summed E-state index contributed by atoms with van der Waals surface area (Å²) in [6.45, 7) is 10.2. The highest BCUT2D eigenvalue weighted by Gasteiger charge is 2.09. The fraction of sp³-hybridized carbons (Fsp3) is 0.500. The second-order valence-electron chi connectivity index (χ2n) is 3.55. The van der Waals surface area contributed by atoms with E-state index >= 15 is 0 Å². The van der Waals surface area contributed by atoms with Crippen molar-refractivity contribution in [1.29, 1.82) is 0 Å². The molecule has 0 saturated carbocycles. The lowest BCUT2D eigenvalue weighted by molar-refractivity contribution is 0.815. The minimum Gasteiger partial charge on any atom is -0.358 e. The Morgan fingerprint density at radius 2 is 1.87 bits per heavy atom. The molecule has 2 rings (SSSR count). The molecule has 0 radical (unpaired) electrons. The number of nitrogens with zero attached hydrogens (tertiary/aromatic N) is 2. The summed E-state index contributed by atoms with van der Waals surface area (Å²) in [5.41, 5.74) is 3.18. The summed E-state index contributed by atoms with van der Waals surface area (Å²) in [5.74, 6) is 1.28. The lowest BCUT2D eigenvalue weighted by Crippen LogP contribution is -1.98. The molecule has 0 aliphatic heterocycles. The minimum absolute atomic E-state index is 0.433. The van der Waals surface area contributed by atoms with Crippen molar-refractivity contribution in [2.75, 3.05) is 0 Å². The van der Waals surface area contributed by atoms with E-state index in [2.05, 4.69) is 28.8 Å². The lowest BCUT2D eigenvalue weighted by Gasteiger charge is -2.06. The van der Waals surface area contributed by atoms with Gasteiger partial charge >= 0.3 is 0 Å². The Morgan fingerprint density at radius 1 is 1.20 bits per heavy atom. The first-order chi connectivity index (χ1) is 7.18. The van der Waals surface area contributed by atoms with Crippen LogP contribution in [0.25, 0.3) is 11.0 Å². The third-order valence-corrected chi connectivity index (χ3v) is 2.09. The fourth-order valence-corrected chi connectivity index (χ4v) is 1.51. The third kappa shape index (κ3) is 2.35. The molecule has 0 unspecified atom stereocenters. The molecular weight excluding hydrogens is 186 g/mol. The number of aromatic amines is 1. The first-order valence-corrected chi connectivity index (χ1v) is 5.50. The molecule has 0 bridgehead atoms. The van der Waals surface area contributed by atoms with Crippen LogP contribution in [0.3, 0.4) is 0 Å².